The third-order valence-corrected chi connectivity index (χ3v) is 6.84. The van der Waals surface area contributed by atoms with Crippen molar-refractivity contribution >= 4 is 34.3 Å². The molecular weight excluding hydrogens is 468 g/mol. The molecule has 0 aliphatic heterocycles. The van der Waals surface area contributed by atoms with Crippen LogP contribution in [0.3, 0.4) is 0 Å². The highest BCUT2D eigenvalue weighted by molar-refractivity contribution is 8.00. The van der Waals surface area contributed by atoms with Crippen molar-refractivity contribution in [1.82, 2.24) is 14.5 Å². The summed E-state index contributed by atoms with van der Waals surface area (Å²) < 4.78 is 1.48. The Morgan fingerprint density at radius 2 is 1.64 bits per heavy atom. The van der Waals surface area contributed by atoms with E-state index in [4.69, 9.17) is 4.98 Å². The monoisotopic (exact) mass is 492 g/mol. The second-order valence-corrected chi connectivity index (χ2v) is 9.71. The van der Waals surface area contributed by atoms with Crippen LogP contribution in [0.4, 0.5) is 5.69 Å². The molecule has 0 spiro atoms. The molecule has 2 aromatic heterocycles. The summed E-state index contributed by atoms with van der Waals surface area (Å²) in [4.78, 5) is 35.9. The standard InChI is InChI=1S/C29H24N4O2S/c1-19-16-17-26(30-18-19)33-28(35)23-13-7-9-15-25(23)32-29(33)36-20(2)27(34)31-24-14-8-6-12-22(24)21-10-4-3-5-11-21/h3-18,20H,1-2H3,(H,31,34). The van der Waals surface area contributed by atoms with E-state index >= 15 is 0 Å². The predicted octanol–water partition coefficient (Wildman–Crippen LogP) is 5.88. The zero-order chi connectivity index (χ0) is 25.1. The maximum atomic E-state index is 13.4. The summed E-state index contributed by atoms with van der Waals surface area (Å²) >= 11 is 1.23. The fourth-order valence-corrected chi connectivity index (χ4v) is 4.81. The predicted molar refractivity (Wildman–Crippen MR) is 146 cm³/mol. The second kappa shape index (κ2) is 10.2. The summed E-state index contributed by atoms with van der Waals surface area (Å²) in [7, 11) is 0. The molecule has 0 radical (unpaired) electrons. The molecule has 1 unspecified atom stereocenters. The molecule has 2 heterocycles. The highest BCUT2D eigenvalue weighted by Crippen LogP contribution is 2.30. The first kappa shape index (κ1) is 23.5. The number of hydrogen-bond donors (Lipinski definition) is 1. The van der Waals surface area contributed by atoms with E-state index in [0.717, 1.165) is 22.4 Å². The number of nitrogens with zero attached hydrogens (tertiary/aromatic N) is 3. The van der Waals surface area contributed by atoms with E-state index in [1.165, 1.54) is 16.3 Å². The average molecular weight is 493 g/mol. The van der Waals surface area contributed by atoms with E-state index < -0.39 is 5.25 Å². The Hall–Kier alpha value is -4.23. The number of para-hydroxylation sites is 2. The first-order valence-electron chi connectivity index (χ1n) is 11.6. The second-order valence-electron chi connectivity index (χ2n) is 8.41. The van der Waals surface area contributed by atoms with Gasteiger partial charge < -0.3 is 5.32 Å². The van der Waals surface area contributed by atoms with Gasteiger partial charge in [0.05, 0.1) is 16.2 Å². The van der Waals surface area contributed by atoms with Crippen LogP contribution in [0.5, 0.6) is 0 Å². The summed E-state index contributed by atoms with van der Waals surface area (Å²) in [5, 5.41) is 3.44. The summed E-state index contributed by atoms with van der Waals surface area (Å²) in [6, 6.07) is 28.5. The summed E-state index contributed by atoms with van der Waals surface area (Å²) in [6.07, 6.45) is 1.71. The molecule has 0 aliphatic carbocycles. The number of amides is 1. The number of aryl methyl sites for hydroxylation is 1. The van der Waals surface area contributed by atoms with Crippen molar-refractivity contribution in [2.75, 3.05) is 5.32 Å². The van der Waals surface area contributed by atoms with Gasteiger partial charge in [0.1, 0.15) is 5.82 Å². The van der Waals surface area contributed by atoms with Gasteiger partial charge in [0, 0.05) is 17.4 Å². The third-order valence-electron chi connectivity index (χ3n) is 5.79. The molecule has 0 saturated carbocycles. The van der Waals surface area contributed by atoms with Gasteiger partial charge in [-0.3, -0.25) is 9.59 Å². The number of aromatic nitrogens is 3. The Bertz CT molecular complexity index is 1600. The summed E-state index contributed by atoms with van der Waals surface area (Å²) in [5.74, 6) is 0.280. The van der Waals surface area contributed by atoms with Gasteiger partial charge in [0.25, 0.3) is 5.56 Å². The normalized spacial score (nSPS) is 11.8. The molecule has 0 bridgehead atoms. The quantitative estimate of drug-likeness (QED) is 0.237. The molecule has 7 heteroatoms. The fourth-order valence-electron chi connectivity index (χ4n) is 3.89. The van der Waals surface area contributed by atoms with Gasteiger partial charge in [-0.15, -0.1) is 0 Å². The fraction of sp³-hybridized carbons (Fsp3) is 0.103. The van der Waals surface area contributed by atoms with E-state index in [1.807, 2.05) is 79.7 Å². The zero-order valence-corrected chi connectivity index (χ0v) is 20.7. The van der Waals surface area contributed by atoms with Crippen LogP contribution < -0.4 is 10.9 Å². The topological polar surface area (TPSA) is 76.9 Å². The Labute approximate surface area is 213 Å². The van der Waals surface area contributed by atoms with Crippen molar-refractivity contribution in [2.45, 2.75) is 24.3 Å². The van der Waals surface area contributed by atoms with E-state index in [2.05, 4.69) is 10.3 Å². The lowest BCUT2D eigenvalue weighted by molar-refractivity contribution is -0.115. The molecule has 0 fully saturated rings. The number of thioether (sulfide) groups is 1. The third kappa shape index (κ3) is 4.78. The number of carbonyl (C=O) groups is 1. The van der Waals surface area contributed by atoms with Crippen LogP contribution in [0.15, 0.2) is 107 Å². The van der Waals surface area contributed by atoms with Crippen molar-refractivity contribution in [1.29, 1.82) is 0 Å². The van der Waals surface area contributed by atoms with E-state index in [0.29, 0.717) is 21.9 Å². The molecule has 1 N–H and O–H groups in total. The van der Waals surface area contributed by atoms with Gasteiger partial charge in [-0.1, -0.05) is 78.5 Å². The molecule has 1 atom stereocenters. The van der Waals surface area contributed by atoms with Crippen molar-refractivity contribution in [3.63, 3.8) is 0 Å². The first-order valence-corrected chi connectivity index (χ1v) is 12.5. The first-order chi connectivity index (χ1) is 17.5. The van der Waals surface area contributed by atoms with Crippen LogP contribution in [0.2, 0.25) is 0 Å². The molecule has 0 saturated heterocycles. The van der Waals surface area contributed by atoms with Gasteiger partial charge in [0.15, 0.2) is 5.16 Å². The van der Waals surface area contributed by atoms with Crippen LogP contribution in [-0.4, -0.2) is 25.7 Å². The minimum atomic E-state index is -0.529. The summed E-state index contributed by atoms with van der Waals surface area (Å²) in [6.45, 7) is 3.74. The van der Waals surface area contributed by atoms with Crippen LogP contribution >= 0.6 is 11.8 Å². The molecule has 178 valence electrons. The number of benzene rings is 3. The van der Waals surface area contributed by atoms with E-state index in [1.54, 1.807) is 31.3 Å². The van der Waals surface area contributed by atoms with Crippen molar-refractivity contribution in [2.24, 2.45) is 0 Å². The van der Waals surface area contributed by atoms with Crippen LogP contribution in [0.25, 0.3) is 27.8 Å². The molecule has 3 aromatic carbocycles. The van der Waals surface area contributed by atoms with Crippen LogP contribution in [0, 0.1) is 6.92 Å². The highest BCUT2D eigenvalue weighted by atomic mass is 32.2. The number of hydrogen-bond acceptors (Lipinski definition) is 5. The Kier molecular flexibility index (Phi) is 6.64. The van der Waals surface area contributed by atoms with Gasteiger partial charge in [0.2, 0.25) is 5.91 Å². The Balaban J connectivity index is 1.48. The number of nitrogens with one attached hydrogen (secondary N) is 1. The zero-order valence-electron chi connectivity index (χ0n) is 19.9. The number of anilines is 1. The van der Waals surface area contributed by atoms with Crippen molar-refractivity contribution < 1.29 is 4.79 Å². The van der Waals surface area contributed by atoms with Crippen molar-refractivity contribution in [3.8, 4) is 16.9 Å². The Morgan fingerprint density at radius 3 is 2.42 bits per heavy atom. The maximum Gasteiger partial charge on any atom is 0.267 e. The molecule has 0 aliphatic rings. The molecule has 5 rings (SSSR count). The maximum absolute atomic E-state index is 13.4. The lowest BCUT2D eigenvalue weighted by atomic mass is 10.0. The van der Waals surface area contributed by atoms with Gasteiger partial charge in [-0.25, -0.2) is 14.5 Å². The number of rotatable bonds is 6. The average Bonchev–Trinajstić information content (AvgIpc) is 2.90. The van der Waals surface area contributed by atoms with E-state index in [-0.39, 0.29) is 11.5 Å². The molecule has 5 aromatic rings. The van der Waals surface area contributed by atoms with Crippen LogP contribution in [0.1, 0.15) is 12.5 Å². The number of carbonyl (C=O) groups excluding carboxylic acids is 1. The summed E-state index contributed by atoms with van der Waals surface area (Å²) in [5.41, 5.74) is 4.03. The molecule has 1 amide bonds. The largest absolute Gasteiger partial charge is 0.325 e. The molecule has 6 nitrogen and oxygen atoms in total. The minimum absolute atomic E-state index is 0.186. The molecule has 36 heavy (non-hydrogen) atoms. The minimum Gasteiger partial charge on any atom is -0.325 e. The lowest BCUT2D eigenvalue weighted by Crippen LogP contribution is -2.26. The Morgan fingerprint density at radius 1 is 0.917 bits per heavy atom. The SMILES string of the molecule is Cc1ccc(-n2c(SC(C)C(=O)Nc3ccccc3-c3ccccc3)nc3ccccc3c2=O)nc1. The van der Waals surface area contributed by atoms with Crippen LogP contribution in [-0.2, 0) is 4.79 Å². The number of pyridine rings is 1. The van der Waals surface area contributed by atoms with Gasteiger partial charge in [-0.05, 0) is 49.2 Å². The van der Waals surface area contributed by atoms with Gasteiger partial charge in [-0.2, -0.15) is 0 Å². The van der Waals surface area contributed by atoms with Gasteiger partial charge >= 0.3 is 0 Å². The lowest BCUT2D eigenvalue weighted by Gasteiger charge is -2.17. The molecular formula is C29H24N4O2S. The highest BCUT2D eigenvalue weighted by Gasteiger charge is 2.21. The van der Waals surface area contributed by atoms with Crippen molar-refractivity contribution in [3.05, 3.63) is 113 Å². The number of fused-ring (bicyclic) bond motifs is 1. The smallest absolute Gasteiger partial charge is 0.267 e. The van der Waals surface area contributed by atoms with E-state index in [9.17, 15) is 9.59 Å².